The quantitative estimate of drug-likeness (QED) is 0.626. The van der Waals surface area contributed by atoms with Crippen LogP contribution in [0, 0.1) is 0 Å². The summed E-state index contributed by atoms with van der Waals surface area (Å²) in [4.78, 5) is 16.7. The SMILES string of the molecule is CC[C@@H](C)c1ccc(S(=O)(=O)NNC(=O)c2ccc(N(CC)CC)cc2)cc1. The van der Waals surface area contributed by atoms with E-state index >= 15 is 0 Å². The van der Waals surface area contributed by atoms with E-state index in [0.717, 1.165) is 30.8 Å². The van der Waals surface area contributed by atoms with Gasteiger partial charge in [0.2, 0.25) is 0 Å². The van der Waals surface area contributed by atoms with Gasteiger partial charge in [-0.15, -0.1) is 4.83 Å². The van der Waals surface area contributed by atoms with Gasteiger partial charge < -0.3 is 4.90 Å². The van der Waals surface area contributed by atoms with E-state index in [-0.39, 0.29) is 4.90 Å². The van der Waals surface area contributed by atoms with Crippen molar-refractivity contribution in [1.29, 1.82) is 0 Å². The standard InChI is InChI=1S/C21H29N3O3S/c1-5-16(4)17-10-14-20(15-11-17)28(26,27)23-22-21(25)18-8-12-19(13-9-18)24(6-2)7-3/h8-16,23H,5-7H2,1-4H3,(H,22,25)/t16-/m1/s1. The monoisotopic (exact) mass is 403 g/mol. The zero-order valence-electron chi connectivity index (χ0n) is 16.9. The highest BCUT2D eigenvalue weighted by Crippen LogP contribution is 2.20. The van der Waals surface area contributed by atoms with E-state index in [4.69, 9.17) is 0 Å². The average Bonchev–Trinajstić information content (AvgIpc) is 2.73. The summed E-state index contributed by atoms with van der Waals surface area (Å²) < 4.78 is 24.8. The summed E-state index contributed by atoms with van der Waals surface area (Å²) >= 11 is 0. The summed E-state index contributed by atoms with van der Waals surface area (Å²) in [5.74, 6) is -0.144. The molecule has 28 heavy (non-hydrogen) atoms. The Morgan fingerprint density at radius 1 is 0.964 bits per heavy atom. The molecule has 0 heterocycles. The van der Waals surface area contributed by atoms with E-state index in [1.807, 2.05) is 12.1 Å². The van der Waals surface area contributed by atoms with Crippen LogP contribution in [-0.2, 0) is 10.0 Å². The van der Waals surface area contributed by atoms with Crippen LogP contribution in [-0.4, -0.2) is 27.4 Å². The lowest BCUT2D eigenvalue weighted by molar-refractivity contribution is 0.0945. The summed E-state index contributed by atoms with van der Waals surface area (Å²) in [5, 5.41) is 0. The molecule has 0 fully saturated rings. The van der Waals surface area contributed by atoms with Crippen molar-refractivity contribution in [2.24, 2.45) is 0 Å². The Balaban J connectivity index is 2.02. The number of sulfonamides is 1. The fraction of sp³-hybridized carbons (Fsp3) is 0.381. The van der Waals surface area contributed by atoms with Gasteiger partial charge in [-0.1, -0.05) is 26.0 Å². The number of hydrogen-bond acceptors (Lipinski definition) is 4. The second-order valence-corrected chi connectivity index (χ2v) is 8.34. The number of carbonyl (C=O) groups is 1. The van der Waals surface area contributed by atoms with Gasteiger partial charge in [-0.2, -0.15) is 0 Å². The maximum atomic E-state index is 12.4. The number of nitrogens with zero attached hydrogens (tertiary/aromatic N) is 1. The molecule has 0 aliphatic rings. The van der Waals surface area contributed by atoms with Crippen LogP contribution in [0.1, 0.15) is 56.0 Å². The summed E-state index contributed by atoms with van der Waals surface area (Å²) in [7, 11) is -3.83. The fourth-order valence-electron chi connectivity index (χ4n) is 2.87. The van der Waals surface area contributed by atoms with Gasteiger partial charge >= 0.3 is 0 Å². The second-order valence-electron chi connectivity index (χ2n) is 6.66. The van der Waals surface area contributed by atoms with Crippen LogP contribution in [0.5, 0.6) is 0 Å². The molecular formula is C21H29N3O3S. The number of benzene rings is 2. The molecule has 0 aromatic heterocycles. The van der Waals surface area contributed by atoms with Crippen molar-refractivity contribution < 1.29 is 13.2 Å². The third kappa shape index (κ3) is 5.33. The van der Waals surface area contributed by atoms with Crippen LogP contribution in [0.15, 0.2) is 53.4 Å². The number of hydrogen-bond donors (Lipinski definition) is 2. The summed E-state index contributed by atoms with van der Waals surface area (Å²) in [6.07, 6.45) is 0.980. The van der Waals surface area contributed by atoms with Gasteiger partial charge in [0, 0.05) is 24.3 Å². The Hall–Kier alpha value is -2.38. The minimum atomic E-state index is -3.83. The van der Waals surface area contributed by atoms with Gasteiger partial charge in [-0.3, -0.25) is 10.2 Å². The first kappa shape index (κ1) is 21.9. The molecule has 0 aliphatic heterocycles. The van der Waals surface area contributed by atoms with Crippen molar-refractivity contribution in [2.45, 2.75) is 44.9 Å². The van der Waals surface area contributed by atoms with Gasteiger partial charge in [0.25, 0.3) is 15.9 Å². The Kier molecular flexibility index (Phi) is 7.60. The van der Waals surface area contributed by atoms with Crippen molar-refractivity contribution in [3.8, 4) is 0 Å². The molecule has 0 aliphatic carbocycles. The van der Waals surface area contributed by atoms with Gasteiger partial charge in [0.05, 0.1) is 4.90 Å². The van der Waals surface area contributed by atoms with Crippen LogP contribution in [0.2, 0.25) is 0 Å². The van der Waals surface area contributed by atoms with Crippen LogP contribution >= 0.6 is 0 Å². The molecule has 0 radical (unpaired) electrons. The highest BCUT2D eigenvalue weighted by molar-refractivity contribution is 7.89. The van der Waals surface area contributed by atoms with Crippen molar-refractivity contribution in [3.63, 3.8) is 0 Å². The molecule has 2 aromatic carbocycles. The van der Waals surface area contributed by atoms with E-state index in [2.05, 4.69) is 42.9 Å². The molecule has 0 saturated carbocycles. The maximum absolute atomic E-state index is 12.4. The number of nitrogens with one attached hydrogen (secondary N) is 2. The van der Waals surface area contributed by atoms with Gasteiger partial charge in [0.15, 0.2) is 0 Å². The molecule has 0 spiro atoms. The van der Waals surface area contributed by atoms with E-state index in [1.54, 1.807) is 36.4 Å². The topological polar surface area (TPSA) is 78.5 Å². The summed E-state index contributed by atoms with van der Waals surface area (Å²) in [6, 6.07) is 13.8. The Morgan fingerprint density at radius 3 is 2.04 bits per heavy atom. The van der Waals surface area contributed by atoms with E-state index in [0.29, 0.717) is 11.5 Å². The molecule has 7 heteroatoms. The lowest BCUT2D eigenvalue weighted by atomic mass is 9.99. The molecule has 0 saturated heterocycles. The molecular weight excluding hydrogens is 374 g/mol. The van der Waals surface area contributed by atoms with Gasteiger partial charge in [-0.25, -0.2) is 8.42 Å². The molecule has 0 unspecified atom stereocenters. The van der Waals surface area contributed by atoms with Crippen molar-refractivity contribution in [2.75, 3.05) is 18.0 Å². The highest BCUT2D eigenvalue weighted by atomic mass is 32.2. The fourth-order valence-corrected chi connectivity index (χ4v) is 3.71. The van der Waals surface area contributed by atoms with Gasteiger partial charge in [0.1, 0.15) is 0 Å². The first-order valence-electron chi connectivity index (χ1n) is 9.59. The summed E-state index contributed by atoms with van der Waals surface area (Å²) in [5.41, 5.74) is 4.75. The molecule has 2 rings (SSSR count). The molecule has 1 atom stereocenters. The Bertz CT molecular complexity index is 874. The molecule has 6 nitrogen and oxygen atoms in total. The predicted molar refractivity (Wildman–Crippen MR) is 113 cm³/mol. The number of rotatable bonds is 9. The van der Waals surface area contributed by atoms with E-state index in [1.165, 1.54) is 0 Å². The number of anilines is 1. The van der Waals surface area contributed by atoms with E-state index in [9.17, 15) is 13.2 Å². The third-order valence-electron chi connectivity index (χ3n) is 4.93. The largest absolute Gasteiger partial charge is 0.372 e. The highest BCUT2D eigenvalue weighted by Gasteiger charge is 2.16. The number of carbonyl (C=O) groups excluding carboxylic acids is 1. The lowest BCUT2D eigenvalue weighted by Crippen LogP contribution is -2.41. The molecule has 1 amide bonds. The number of hydrazine groups is 1. The minimum Gasteiger partial charge on any atom is -0.372 e. The summed E-state index contributed by atoms with van der Waals surface area (Å²) in [6.45, 7) is 10.0. The normalized spacial score (nSPS) is 12.4. The minimum absolute atomic E-state index is 0.108. The zero-order chi connectivity index (χ0) is 20.7. The van der Waals surface area contributed by atoms with Gasteiger partial charge in [-0.05, 0) is 68.1 Å². The first-order chi connectivity index (χ1) is 13.3. The number of amides is 1. The van der Waals surface area contributed by atoms with Crippen molar-refractivity contribution >= 4 is 21.6 Å². The Morgan fingerprint density at radius 2 is 1.54 bits per heavy atom. The van der Waals surface area contributed by atoms with Crippen LogP contribution in [0.25, 0.3) is 0 Å². The van der Waals surface area contributed by atoms with Crippen LogP contribution < -0.4 is 15.2 Å². The predicted octanol–water partition coefficient (Wildman–Crippen LogP) is 3.67. The molecule has 0 bridgehead atoms. The molecule has 152 valence electrons. The molecule has 2 N–H and O–H groups in total. The van der Waals surface area contributed by atoms with Crippen LogP contribution in [0.3, 0.4) is 0 Å². The second kappa shape index (κ2) is 9.71. The van der Waals surface area contributed by atoms with Crippen molar-refractivity contribution in [1.82, 2.24) is 10.3 Å². The lowest BCUT2D eigenvalue weighted by Gasteiger charge is -2.21. The molecule has 2 aromatic rings. The maximum Gasteiger partial charge on any atom is 0.266 e. The zero-order valence-corrected chi connectivity index (χ0v) is 17.7. The van der Waals surface area contributed by atoms with E-state index < -0.39 is 15.9 Å². The van der Waals surface area contributed by atoms with Crippen molar-refractivity contribution in [3.05, 3.63) is 59.7 Å². The van der Waals surface area contributed by atoms with Crippen LogP contribution in [0.4, 0.5) is 5.69 Å². The smallest absolute Gasteiger partial charge is 0.266 e. The third-order valence-corrected chi connectivity index (χ3v) is 6.19. The average molecular weight is 404 g/mol. The Labute approximate surface area is 168 Å². The first-order valence-corrected chi connectivity index (χ1v) is 11.1.